The van der Waals surface area contributed by atoms with E-state index in [0.29, 0.717) is 23.8 Å². The van der Waals surface area contributed by atoms with Crippen LogP contribution in [0.25, 0.3) is 0 Å². The molecule has 0 atom stereocenters. The topological polar surface area (TPSA) is 92.3 Å². The van der Waals surface area contributed by atoms with Crippen molar-refractivity contribution in [3.05, 3.63) is 29.8 Å². The third-order valence-corrected chi connectivity index (χ3v) is 8.88. The molecule has 7 nitrogen and oxygen atoms in total. The molecule has 0 aliphatic carbocycles. The molecule has 1 N–H and O–H groups in total. The lowest BCUT2D eigenvalue weighted by Gasteiger charge is -2.20. The van der Waals surface area contributed by atoms with Crippen molar-refractivity contribution in [3.63, 3.8) is 0 Å². The van der Waals surface area contributed by atoms with Crippen LogP contribution in [0, 0.1) is 0 Å². The number of hydrogen-bond acceptors (Lipinski definition) is 8. The van der Waals surface area contributed by atoms with Gasteiger partial charge < -0.3 is 5.32 Å². The molecular formula is C20H28N4O3S3. The summed E-state index contributed by atoms with van der Waals surface area (Å²) in [6.07, 6.45) is 6.13. The third-order valence-electron chi connectivity index (χ3n) is 4.89. The van der Waals surface area contributed by atoms with E-state index in [1.807, 2.05) is 0 Å². The minimum Gasteiger partial charge on any atom is -0.353 e. The van der Waals surface area contributed by atoms with E-state index in [0.717, 1.165) is 48.6 Å². The highest BCUT2D eigenvalue weighted by Crippen LogP contribution is 2.26. The van der Waals surface area contributed by atoms with Gasteiger partial charge in [-0.15, -0.1) is 10.2 Å². The van der Waals surface area contributed by atoms with Gasteiger partial charge in [-0.05, 0) is 31.4 Å². The van der Waals surface area contributed by atoms with E-state index in [1.165, 1.54) is 17.4 Å². The molecule has 0 amide bonds. The van der Waals surface area contributed by atoms with E-state index >= 15 is 0 Å². The molecule has 0 spiro atoms. The molecule has 1 aliphatic heterocycles. The maximum Gasteiger partial charge on any atom is 0.243 e. The van der Waals surface area contributed by atoms with E-state index in [9.17, 15) is 13.2 Å². The number of carbonyl (C=O) groups excluding carboxylic acids is 1. The van der Waals surface area contributed by atoms with Crippen LogP contribution >= 0.6 is 23.1 Å². The number of ketones is 1. The quantitative estimate of drug-likeness (QED) is 0.316. The second-order valence-electron chi connectivity index (χ2n) is 7.20. The molecule has 1 saturated heterocycles. The molecule has 0 bridgehead atoms. The Kier molecular flexibility index (Phi) is 8.67. The van der Waals surface area contributed by atoms with E-state index < -0.39 is 10.0 Å². The number of unbranched alkanes of at least 4 members (excludes halogenated alkanes) is 1. The summed E-state index contributed by atoms with van der Waals surface area (Å²) in [4.78, 5) is 12.8. The minimum absolute atomic E-state index is 0.0431. The van der Waals surface area contributed by atoms with Crippen LogP contribution < -0.4 is 5.32 Å². The van der Waals surface area contributed by atoms with Gasteiger partial charge in [-0.2, -0.15) is 4.31 Å². The molecule has 2 heterocycles. The van der Waals surface area contributed by atoms with Crippen molar-refractivity contribution < 1.29 is 13.2 Å². The molecule has 2 aromatic rings. The monoisotopic (exact) mass is 468 g/mol. The molecule has 3 rings (SSSR count). The molecule has 1 fully saturated rings. The van der Waals surface area contributed by atoms with Crippen LogP contribution in [0.3, 0.4) is 0 Å². The van der Waals surface area contributed by atoms with Gasteiger partial charge in [0.2, 0.25) is 15.2 Å². The molecule has 1 aromatic heterocycles. The number of Topliss-reactive ketones (excluding diaryl/α,β-unsaturated/α-hetero) is 1. The summed E-state index contributed by atoms with van der Waals surface area (Å²) in [6, 6.07) is 6.33. The van der Waals surface area contributed by atoms with Gasteiger partial charge in [0.1, 0.15) is 0 Å². The van der Waals surface area contributed by atoms with E-state index in [1.54, 1.807) is 34.3 Å². The Morgan fingerprint density at radius 1 is 1.20 bits per heavy atom. The summed E-state index contributed by atoms with van der Waals surface area (Å²) in [7, 11) is -3.58. The van der Waals surface area contributed by atoms with Gasteiger partial charge in [-0.1, -0.05) is 61.4 Å². The van der Waals surface area contributed by atoms with Crippen LogP contribution in [-0.2, 0) is 10.0 Å². The Hall–Kier alpha value is -1.49. The van der Waals surface area contributed by atoms with Crippen LogP contribution in [0.1, 0.15) is 55.8 Å². The predicted molar refractivity (Wildman–Crippen MR) is 122 cm³/mol. The van der Waals surface area contributed by atoms with Crippen LogP contribution in [-0.4, -0.2) is 54.1 Å². The lowest BCUT2D eigenvalue weighted by molar-refractivity contribution is 0.101. The van der Waals surface area contributed by atoms with Gasteiger partial charge in [-0.25, -0.2) is 8.42 Å². The lowest BCUT2D eigenvalue weighted by atomic mass is 10.1. The van der Waals surface area contributed by atoms with Crippen LogP contribution in [0.15, 0.2) is 33.5 Å². The number of thioether (sulfide) groups is 1. The zero-order valence-electron chi connectivity index (χ0n) is 17.2. The summed E-state index contributed by atoms with van der Waals surface area (Å²) in [5, 5.41) is 11.8. The summed E-state index contributed by atoms with van der Waals surface area (Å²) in [6.45, 7) is 3.27. The van der Waals surface area contributed by atoms with E-state index in [-0.39, 0.29) is 17.2 Å². The first-order valence-corrected chi connectivity index (χ1v) is 13.6. The Labute approximate surface area is 186 Å². The number of anilines is 1. The van der Waals surface area contributed by atoms with E-state index in [2.05, 4.69) is 22.4 Å². The largest absolute Gasteiger partial charge is 0.353 e. The van der Waals surface area contributed by atoms with Crippen LogP contribution in [0.4, 0.5) is 5.13 Å². The standard InChI is InChI=1S/C20H28N4O3S3/c1-2-3-13-28-20-23-22-19(29-20)21-15-18(25)16-9-8-10-17(14-16)30(26,27)24-11-6-4-5-7-12-24/h8-10,14H,2-7,11-13,15H2,1H3,(H,21,22). The summed E-state index contributed by atoms with van der Waals surface area (Å²) in [5.41, 5.74) is 0.375. The number of nitrogens with zero attached hydrogens (tertiary/aromatic N) is 3. The smallest absolute Gasteiger partial charge is 0.243 e. The summed E-state index contributed by atoms with van der Waals surface area (Å²) in [5.74, 6) is 0.820. The van der Waals surface area contributed by atoms with Crippen molar-refractivity contribution in [3.8, 4) is 0 Å². The molecule has 1 aromatic carbocycles. The molecule has 30 heavy (non-hydrogen) atoms. The van der Waals surface area contributed by atoms with Crippen molar-refractivity contribution in [2.24, 2.45) is 0 Å². The number of rotatable bonds is 10. The first kappa shape index (κ1) is 23.2. The maximum atomic E-state index is 13.0. The summed E-state index contributed by atoms with van der Waals surface area (Å²) >= 11 is 3.09. The Morgan fingerprint density at radius 3 is 2.70 bits per heavy atom. The van der Waals surface area contributed by atoms with Crippen molar-refractivity contribution in [1.29, 1.82) is 0 Å². The van der Waals surface area contributed by atoms with Crippen molar-refractivity contribution in [2.45, 2.75) is 54.7 Å². The SMILES string of the molecule is CCCCSc1nnc(NCC(=O)c2cccc(S(=O)(=O)N3CCCCCC3)c2)s1. The number of nitrogens with one attached hydrogen (secondary N) is 1. The number of aromatic nitrogens is 2. The number of sulfonamides is 1. The van der Waals surface area contributed by atoms with Crippen molar-refractivity contribution in [1.82, 2.24) is 14.5 Å². The van der Waals surface area contributed by atoms with Gasteiger partial charge in [0.25, 0.3) is 0 Å². The fourth-order valence-electron chi connectivity index (χ4n) is 3.16. The highest BCUT2D eigenvalue weighted by molar-refractivity contribution is 8.01. The van der Waals surface area contributed by atoms with Gasteiger partial charge in [0.05, 0.1) is 11.4 Å². The average molecular weight is 469 g/mol. The molecular weight excluding hydrogens is 440 g/mol. The Morgan fingerprint density at radius 2 is 1.97 bits per heavy atom. The Bertz CT molecular complexity index is 938. The van der Waals surface area contributed by atoms with Gasteiger partial charge in [0.15, 0.2) is 10.1 Å². The van der Waals surface area contributed by atoms with Gasteiger partial charge in [-0.3, -0.25) is 4.79 Å². The zero-order chi connectivity index (χ0) is 21.4. The fraction of sp³-hybridized carbons (Fsp3) is 0.550. The number of hydrogen-bond donors (Lipinski definition) is 1. The first-order chi connectivity index (χ1) is 14.5. The molecule has 1 aliphatic rings. The molecule has 0 saturated carbocycles. The second kappa shape index (κ2) is 11.2. The first-order valence-electron chi connectivity index (χ1n) is 10.3. The average Bonchev–Trinajstić information content (AvgIpc) is 3.02. The van der Waals surface area contributed by atoms with E-state index in [4.69, 9.17) is 0 Å². The molecule has 0 radical (unpaired) electrons. The lowest BCUT2D eigenvalue weighted by Crippen LogP contribution is -2.32. The highest BCUT2D eigenvalue weighted by atomic mass is 32.2. The fourth-order valence-corrected chi connectivity index (χ4v) is 6.63. The maximum absolute atomic E-state index is 13.0. The van der Waals surface area contributed by atoms with Gasteiger partial charge >= 0.3 is 0 Å². The molecule has 164 valence electrons. The van der Waals surface area contributed by atoms with Crippen LogP contribution in [0.2, 0.25) is 0 Å². The zero-order valence-corrected chi connectivity index (χ0v) is 19.6. The van der Waals surface area contributed by atoms with Gasteiger partial charge in [0, 0.05) is 24.4 Å². The normalized spacial score (nSPS) is 15.6. The number of carbonyl (C=O) groups is 1. The Balaban J connectivity index is 1.62. The summed E-state index contributed by atoms with van der Waals surface area (Å²) < 4.78 is 28.4. The number of benzene rings is 1. The predicted octanol–water partition coefficient (Wildman–Crippen LogP) is 4.29. The van der Waals surface area contributed by atoms with Crippen molar-refractivity contribution in [2.75, 3.05) is 30.7 Å². The van der Waals surface area contributed by atoms with Crippen LogP contribution in [0.5, 0.6) is 0 Å². The molecule has 0 unspecified atom stereocenters. The minimum atomic E-state index is -3.58. The van der Waals surface area contributed by atoms with Crippen molar-refractivity contribution >= 4 is 44.0 Å². The third kappa shape index (κ3) is 6.26. The molecule has 10 heteroatoms. The second-order valence-corrected chi connectivity index (χ2v) is 11.5. The highest BCUT2D eigenvalue weighted by Gasteiger charge is 2.25.